The minimum atomic E-state index is 0.0338. The molecule has 0 aliphatic heterocycles. The van der Waals surface area contributed by atoms with E-state index in [0.717, 1.165) is 17.5 Å². The number of rotatable bonds is 4. The van der Waals surface area contributed by atoms with Crippen molar-refractivity contribution in [1.29, 1.82) is 0 Å². The molecule has 2 aromatic rings. The van der Waals surface area contributed by atoms with Gasteiger partial charge in [-0.3, -0.25) is 9.48 Å². The number of carbonyl (C=O) groups is 1. The zero-order valence-electron chi connectivity index (χ0n) is 11.6. The molecule has 1 aromatic heterocycles. The molecule has 4 heteroatoms. The molecular formula is C15H19N3O. The summed E-state index contributed by atoms with van der Waals surface area (Å²) in [4.78, 5) is 14.0. The Hall–Kier alpha value is -2.10. The van der Waals surface area contributed by atoms with Gasteiger partial charge in [0.2, 0.25) is 0 Å². The second-order valence-corrected chi connectivity index (χ2v) is 4.73. The highest BCUT2D eigenvalue weighted by Crippen LogP contribution is 2.10. The average Bonchev–Trinajstić information content (AvgIpc) is 2.83. The van der Waals surface area contributed by atoms with E-state index in [2.05, 4.69) is 12.0 Å². The van der Waals surface area contributed by atoms with Crippen LogP contribution in [0.1, 0.15) is 28.4 Å². The molecule has 2 rings (SSSR count). The molecule has 0 saturated heterocycles. The average molecular weight is 257 g/mol. The summed E-state index contributed by atoms with van der Waals surface area (Å²) in [5.41, 5.74) is 3.00. The largest absolute Gasteiger partial charge is 0.337 e. The van der Waals surface area contributed by atoms with E-state index in [1.807, 2.05) is 44.6 Å². The normalized spacial score (nSPS) is 10.5. The van der Waals surface area contributed by atoms with Crippen LogP contribution < -0.4 is 0 Å². The molecule has 0 fully saturated rings. The van der Waals surface area contributed by atoms with Gasteiger partial charge in [-0.15, -0.1) is 0 Å². The molecule has 0 N–H and O–H groups in total. The van der Waals surface area contributed by atoms with E-state index in [-0.39, 0.29) is 5.91 Å². The van der Waals surface area contributed by atoms with Crippen molar-refractivity contribution in [3.05, 3.63) is 53.3 Å². The third-order valence-corrected chi connectivity index (χ3v) is 3.13. The van der Waals surface area contributed by atoms with Crippen molar-refractivity contribution in [2.24, 2.45) is 7.05 Å². The lowest BCUT2D eigenvalue weighted by Crippen LogP contribution is -2.26. The molecule has 0 radical (unpaired) electrons. The lowest BCUT2D eigenvalue weighted by atomic mass is 10.1. The van der Waals surface area contributed by atoms with E-state index >= 15 is 0 Å². The minimum Gasteiger partial charge on any atom is -0.337 e. The number of carbonyl (C=O) groups excluding carboxylic acids is 1. The predicted octanol–water partition coefficient (Wildman–Crippen LogP) is 2.25. The smallest absolute Gasteiger partial charge is 0.253 e. The van der Waals surface area contributed by atoms with Gasteiger partial charge < -0.3 is 4.90 Å². The third-order valence-electron chi connectivity index (χ3n) is 3.13. The molecule has 0 aliphatic rings. The van der Waals surface area contributed by atoms with E-state index in [1.165, 1.54) is 5.56 Å². The Kier molecular flexibility index (Phi) is 4.00. The van der Waals surface area contributed by atoms with Crippen LogP contribution in [0.5, 0.6) is 0 Å². The zero-order valence-corrected chi connectivity index (χ0v) is 11.6. The summed E-state index contributed by atoms with van der Waals surface area (Å²) in [7, 11) is 3.68. The standard InChI is InChI=1S/C15H19N3O/c1-4-12-5-7-14(8-6-12)15(19)17(2)10-13-9-16-18(3)11-13/h5-9,11H,4,10H2,1-3H3. The topological polar surface area (TPSA) is 38.1 Å². The van der Waals surface area contributed by atoms with Gasteiger partial charge in [0.15, 0.2) is 0 Å². The molecule has 1 heterocycles. The minimum absolute atomic E-state index is 0.0338. The van der Waals surface area contributed by atoms with Gasteiger partial charge in [-0.1, -0.05) is 19.1 Å². The lowest BCUT2D eigenvalue weighted by molar-refractivity contribution is 0.0785. The third kappa shape index (κ3) is 3.22. The number of aryl methyl sites for hydroxylation is 2. The Balaban J connectivity index is 2.05. The van der Waals surface area contributed by atoms with Crippen LogP contribution >= 0.6 is 0 Å². The fraction of sp³-hybridized carbons (Fsp3) is 0.333. The molecule has 0 atom stereocenters. The van der Waals surface area contributed by atoms with Gasteiger partial charge in [-0.25, -0.2) is 0 Å². The van der Waals surface area contributed by atoms with Crippen LogP contribution in [0.2, 0.25) is 0 Å². The molecule has 19 heavy (non-hydrogen) atoms. The number of amides is 1. The first-order valence-electron chi connectivity index (χ1n) is 6.42. The molecule has 0 unspecified atom stereocenters. The molecular weight excluding hydrogens is 238 g/mol. The highest BCUT2D eigenvalue weighted by molar-refractivity contribution is 5.94. The Labute approximate surface area is 113 Å². The van der Waals surface area contributed by atoms with Gasteiger partial charge >= 0.3 is 0 Å². The first-order chi connectivity index (χ1) is 9.10. The maximum absolute atomic E-state index is 12.3. The number of hydrogen-bond acceptors (Lipinski definition) is 2. The molecule has 100 valence electrons. The maximum Gasteiger partial charge on any atom is 0.253 e. The van der Waals surface area contributed by atoms with Crippen LogP contribution in [-0.4, -0.2) is 27.6 Å². The van der Waals surface area contributed by atoms with Gasteiger partial charge in [-0.2, -0.15) is 5.10 Å². The van der Waals surface area contributed by atoms with Gasteiger partial charge in [0.05, 0.1) is 6.20 Å². The van der Waals surface area contributed by atoms with Crippen molar-refractivity contribution >= 4 is 5.91 Å². The van der Waals surface area contributed by atoms with Crippen molar-refractivity contribution in [2.45, 2.75) is 19.9 Å². The number of hydrogen-bond donors (Lipinski definition) is 0. The van der Waals surface area contributed by atoms with Crippen molar-refractivity contribution in [1.82, 2.24) is 14.7 Å². The first kappa shape index (κ1) is 13.3. The molecule has 0 spiro atoms. The fourth-order valence-electron chi connectivity index (χ4n) is 2.00. The maximum atomic E-state index is 12.3. The van der Waals surface area contributed by atoms with Gasteiger partial charge in [0.25, 0.3) is 5.91 Å². The van der Waals surface area contributed by atoms with Crippen LogP contribution in [0.3, 0.4) is 0 Å². The van der Waals surface area contributed by atoms with E-state index in [9.17, 15) is 4.79 Å². The second-order valence-electron chi connectivity index (χ2n) is 4.73. The predicted molar refractivity (Wildman–Crippen MR) is 74.8 cm³/mol. The number of benzene rings is 1. The highest BCUT2D eigenvalue weighted by atomic mass is 16.2. The number of nitrogens with zero attached hydrogens (tertiary/aromatic N) is 3. The summed E-state index contributed by atoms with van der Waals surface area (Å²) in [6, 6.07) is 7.79. The number of aromatic nitrogens is 2. The van der Waals surface area contributed by atoms with Crippen molar-refractivity contribution in [3.63, 3.8) is 0 Å². The Morgan fingerprint density at radius 2 is 1.95 bits per heavy atom. The van der Waals surface area contributed by atoms with Crippen molar-refractivity contribution in [2.75, 3.05) is 7.05 Å². The van der Waals surface area contributed by atoms with Crippen LogP contribution in [0.15, 0.2) is 36.7 Å². The summed E-state index contributed by atoms with van der Waals surface area (Å²) in [5.74, 6) is 0.0338. The van der Waals surface area contributed by atoms with E-state index in [0.29, 0.717) is 6.54 Å². The summed E-state index contributed by atoms with van der Waals surface area (Å²) in [5, 5.41) is 4.10. The van der Waals surface area contributed by atoms with Gasteiger partial charge in [0.1, 0.15) is 0 Å². The Morgan fingerprint density at radius 3 is 2.47 bits per heavy atom. The zero-order chi connectivity index (χ0) is 13.8. The van der Waals surface area contributed by atoms with Gasteiger partial charge in [-0.05, 0) is 24.1 Å². The summed E-state index contributed by atoms with van der Waals surface area (Å²) in [6.45, 7) is 2.67. The van der Waals surface area contributed by atoms with E-state index < -0.39 is 0 Å². The summed E-state index contributed by atoms with van der Waals surface area (Å²) < 4.78 is 1.74. The lowest BCUT2D eigenvalue weighted by Gasteiger charge is -2.16. The van der Waals surface area contributed by atoms with Crippen LogP contribution in [0.4, 0.5) is 0 Å². The summed E-state index contributed by atoms with van der Waals surface area (Å²) >= 11 is 0. The van der Waals surface area contributed by atoms with Crippen molar-refractivity contribution in [3.8, 4) is 0 Å². The quantitative estimate of drug-likeness (QED) is 0.842. The Bertz CT molecular complexity index is 557. The second kappa shape index (κ2) is 5.69. The molecule has 4 nitrogen and oxygen atoms in total. The van der Waals surface area contributed by atoms with Gasteiger partial charge in [0, 0.05) is 38.0 Å². The Morgan fingerprint density at radius 1 is 1.26 bits per heavy atom. The monoisotopic (exact) mass is 257 g/mol. The molecule has 0 bridgehead atoms. The van der Waals surface area contributed by atoms with E-state index in [1.54, 1.807) is 15.8 Å². The highest BCUT2D eigenvalue weighted by Gasteiger charge is 2.12. The molecule has 1 aromatic carbocycles. The molecule has 1 amide bonds. The van der Waals surface area contributed by atoms with Crippen LogP contribution in [-0.2, 0) is 20.0 Å². The van der Waals surface area contributed by atoms with E-state index in [4.69, 9.17) is 0 Å². The van der Waals surface area contributed by atoms with Crippen LogP contribution in [0, 0.1) is 0 Å². The fourth-order valence-corrected chi connectivity index (χ4v) is 2.00. The summed E-state index contributed by atoms with van der Waals surface area (Å²) in [6.07, 6.45) is 4.69. The molecule has 0 aliphatic carbocycles. The van der Waals surface area contributed by atoms with Crippen LogP contribution in [0.25, 0.3) is 0 Å². The molecule has 0 saturated carbocycles. The SMILES string of the molecule is CCc1ccc(C(=O)N(C)Cc2cnn(C)c2)cc1. The first-order valence-corrected chi connectivity index (χ1v) is 6.42. The van der Waals surface area contributed by atoms with Crippen molar-refractivity contribution < 1.29 is 4.79 Å².